The fourth-order valence-electron chi connectivity index (χ4n) is 1.65. The zero-order chi connectivity index (χ0) is 13.8. The van der Waals surface area contributed by atoms with Gasteiger partial charge in [0.25, 0.3) is 0 Å². The van der Waals surface area contributed by atoms with Crippen LogP contribution in [0.5, 0.6) is 0 Å². The van der Waals surface area contributed by atoms with Gasteiger partial charge in [-0.15, -0.1) is 0 Å². The van der Waals surface area contributed by atoms with Crippen LogP contribution in [0.15, 0.2) is 34.7 Å². The highest BCUT2D eigenvalue weighted by Gasteiger charge is 2.06. The van der Waals surface area contributed by atoms with E-state index in [1.54, 1.807) is 18.2 Å². The molecule has 2 rings (SSSR count). The lowest BCUT2D eigenvalue weighted by atomic mass is 10.2. The lowest BCUT2D eigenvalue weighted by Gasteiger charge is -2.05. The van der Waals surface area contributed by atoms with Gasteiger partial charge in [-0.05, 0) is 37.3 Å². The first-order valence-corrected chi connectivity index (χ1v) is 6.60. The van der Waals surface area contributed by atoms with E-state index in [-0.39, 0.29) is 5.91 Å². The predicted octanol–water partition coefficient (Wildman–Crippen LogP) is 4.47. The van der Waals surface area contributed by atoms with E-state index in [9.17, 15) is 4.79 Å². The number of amides is 1. The summed E-state index contributed by atoms with van der Waals surface area (Å²) < 4.78 is 5.40. The highest BCUT2D eigenvalue weighted by Crippen LogP contribution is 2.25. The van der Waals surface area contributed by atoms with Crippen LogP contribution in [0, 0.1) is 6.92 Å². The Bertz CT molecular complexity index is 593. The summed E-state index contributed by atoms with van der Waals surface area (Å²) in [4.78, 5) is 11.8. The van der Waals surface area contributed by atoms with Crippen LogP contribution in [0.25, 0.3) is 0 Å². The van der Waals surface area contributed by atoms with Crippen LogP contribution in [-0.2, 0) is 11.2 Å². The molecule has 1 heterocycles. The number of carbonyl (C=O) groups excluding carboxylic acids is 1. The molecular weight excluding hydrogens is 285 g/mol. The van der Waals surface area contributed by atoms with E-state index >= 15 is 0 Å². The third-order valence-electron chi connectivity index (χ3n) is 2.60. The summed E-state index contributed by atoms with van der Waals surface area (Å²) in [6.45, 7) is 1.87. The van der Waals surface area contributed by atoms with Gasteiger partial charge >= 0.3 is 0 Å². The second-order valence-corrected chi connectivity index (χ2v) is 5.00. The van der Waals surface area contributed by atoms with Crippen molar-refractivity contribution in [2.24, 2.45) is 0 Å². The number of furan rings is 1. The van der Waals surface area contributed by atoms with Crippen LogP contribution in [0.4, 0.5) is 5.69 Å². The Kier molecular flexibility index (Phi) is 4.51. The molecule has 0 aliphatic rings. The second-order valence-electron chi connectivity index (χ2n) is 4.19. The molecule has 1 amide bonds. The second kappa shape index (κ2) is 6.13. The van der Waals surface area contributed by atoms with E-state index in [2.05, 4.69) is 5.32 Å². The Balaban J connectivity index is 1.88. The van der Waals surface area contributed by atoms with Crippen molar-refractivity contribution in [1.29, 1.82) is 0 Å². The van der Waals surface area contributed by atoms with Crippen molar-refractivity contribution in [2.75, 3.05) is 5.32 Å². The third kappa shape index (κ3) is 4.01. The molecule has 0 saturated heterocycles. The van der Waals surface area contributed by atoms with Crippen LogP contribution < -0.4 is 5.32 Å². The van der Waals surface area contributed by atoms with Crippen LogP contribution >= 0.6 is 23.2 Å². The number of rotatable bonds is 4. The van der Waals surface area contributed by atoms with Gasteiger partial charge in [0, 0.05) is 18.5 Å². The molecule has 5 heteroatoms. The molecule has 1 aromatic carbocycles. The minimum absolute atomic E-state index is 0.0903. The van der Waals surface area contributed by atoms with E-state index < -0.39 is 0 Å². The molecule has 0 radical (unpaired) electrons. The standard InChI is InChI=1S/C14H13Cl2NO2/c1-9-2-4-11(19-9)5-7-14(18)17-10-3-6-12(15)13(16)8-10/h2-4,6,8H,5,7H2,1H3,(H,17,18). The van der Waals surface area contributed by atoms with E-state index in [0.29, 0.717) is 28.6 Å². The number of benzene rings is 1. The van der Waals surface area contributed by atoms with Gasteiger partial charge in [-0.2, -0.15) is 0 Å². The van der Waals surface area contributed by atoms with Gasteiger partial charge in [-0.25, -0.2) is 0 Å². The van der Waals surface area contributed by atoms with Crippen molar-refractivity contribution in [3.8, 4) is 0 Å². The zero-order valence-corrected chi connectivity index (χ0v) is 11.9. The van der Waals surface area contributed by atoms with Crippen molar-refractivity contribution in [1.82, 2.24) is 0 Å². The molecule has 0 aliphatic heterocycles. The molecule has 1 aromatic heterocycles. The Hall–Kier alpha value is -1.45. The lowest BCUT2D eigenvalue weighted by Crippen LogP contribution is -2.12. The topological polar surface area (TPSA) is 42.2 Å². The van der Waals surface area contributed by atoms with Crippen molar-refractivity contribution in [3.63, 3.8) is 0 Å². The SMILES string of the molecule is Cc1ccc(CCC(=O)Nc2ccc(Cl)c(Cl)c2)o1. The summed E-state index contributed by atoms with van der Waals surface area (Å²) in [5.41, 5.74) is 0.634. The largest absolute Gasteiger partial charge is 0.466 e. The van der Waals surface area contributed by atoms with E-state index in [4.69, 9.17) is 27.6 Å². The maximum Gasteiger partial charge on any atom is 0.224 e. The zero-order valence-electron chi connectivity index (χ0n) is 10.4. The Morgan fingerprint density at radius 2 is 2.00 bits per heavy atom. The van der Waals surface area contributed by atoms with Crippen molar-refractivity contribution in [2.45, 2.75) is 19.8 Å². The van der Waals surface area contributed by atoms with E-state index in [0.717, 1.165) is 11.5 Å². The van der Waals surface area contributed by atoms with Crippen molar-refractivity contribution < 1.29 is 9.21 Å². The molecule has 19 heavy (non-hydrogen) atoms. The average Bonchev–Trinajstić information content (AvgIpc) is 2.77. The van der Waals surface area contributed by atoms with E-state index in [1.807, 2.05) is 19.1 Å². The Morgan fingerprint density at radius 3 is 2.63 bits per heavy atom. The molecule has 100 valence electrons. The van der Waals surface area contributed by atoms with Crippen molar-refractivity contribution >= 4 is 34.8 Å². The number of nitrogens with one attached hydrogen (secondary N) is 1. The van der Waals surface area contributed by atoms with Gasteiger partial charge in [0.1, 0.15) is 11.5 Å². The summed E-state index contributed by atoms with van der Waals surface area (Å²) >= 11 is 11.7. The van der Waals surface area contributed by atoms with Crippen molar-refractivity contribution in [3.05, 3.63) is 51.9 Å². The summed E-state index contributed by atoms with van der Waals surface area (Å²) in [5.74, 6) is 1.56. The summed E-state index contributed by atoms with van der Waals surface area (Å²) in [6.07, 6.45) is 0.925. The van der Waals surface area contributed by atoms with Gasteiger partial charge in [0.05, 0.1) is 10.0 Å². The van der Waals surface area contributed by atoms with Crippen LogP contribution in [0.3, 0.4) is 0 Å². The number of carbonyl (C=O) groups is 1. The van der Waals surface area contributed by atoms with E-state index in [1.165, 1.54) is 0 Å². The maximum atomic E-state index is 11.8. The highest BCUT2D eigenvalue weighted by molar-refractivity contribution is 6.42. The van der Waals surface area contributed by atoms with Gasteiger partial charge < -0.3 is 9.73 Å². The Labute approximate surface area is 121 Å². The van der Waals surface area contributed by atoms with Gasteiger partial charge in [-0.1, -0.05) is 23.2 Å². The molecule has 0 spiro atoms. The molecular formula is C14H13Cl2NO2. The first-order chi connectivity index (χ1) is 9.04. The minimum atomic E-state index is -0.0903. The minimum Gasteiger partial charge on any atom is -0.466 e. The van der Waals surface area contributed by atoms with Crippen LogP contribution in [-0.4, -0.2) is 5.91 Å². The van der Waals surface area contributed by atoms with Crippen LogP contribution in [0.2, 0.25) is 10.0 Å². The molecule has 0 unspecified atom stereocenters. The van der Waals surface area contributed by atoms with Gasteiger partial charge in [-0.3, -0.25) is 4.79 Å². The normalized spacial score (nSPS) is 10.5. The summed E-state index contributed by atoms with van der Waals surface area (Å²) in [5, 5.41) is 3.64. The molecule has 3 nitrogen and oxygen atoms in total. The third-order valence-corrected chi connectivity index (χ3v) is 3.34. The fourth-order valence-corrected chi connectivity index (χ4v) is 1.95. The number of hydrogen-bond acceptors (Lipinski definition) is 2. The number of anilines is 1. The molecule has 0 atom stereocenters. The monoisotopic (exact) mass is 297 g/mol. The smallest absolute Gasteiger partial charge is 0.224 e. The Morgan fingerprint density at radius 1 is 1.21 bits per heavy atom. The van der Waals surface area contributed by atoms with Gasteiger partial charge in [0.2, 0.25) is 5.91 Å². The maximum absolute atomic E-state index is 11.8. The first kappa shape index (κ1) is 14.0. The highest BCUT2D eigenvalue weighted by atomic mass is 35.5. The molecule has 1 N–H and O–H groups in total. The molecule has 0 saturated carbocycles. The predicted molar refractivity (Wildman–Crippen MR) is 76.9 cm³/mol. The van der Waals surface area contributed by atoms with Crippen LogP contribution in [0.1, 0.15) is 17.9 Å². The fraction of sp³-hybridized carbons (Fsp3) is 0.214. The molecule has 0 fully saturated rings. The molecule has 0 bridgehead atoms. The lowest BCUT2D eigenvalue weighted by molar-refractivity contribution is -0.116. The first-order valence-electron chi connectivity index (χ1n) is 5.85. The number of hydrogen-bond donors (Lipinski definition) is 1. The van der Waals surface area contributed by atoms with Gasteiger partial charge in [0.15, 0.2) is 0 Å². The quantitative estimate of drug-likeness (QED) is 0.905. The number of aryl methyl sites for hydroxylation is 2. The number of halogens is 2. The average molecular weight is 298 g/mol. The molecule has 2 aromatic rings. The summed E-state index contributed by atoms with van der Waals surface area (Å²) in [7, 11) is 0. The summed E-state index contributed by atoms with van der Waals surface area (Å²) in [6, 6.07) is 8.74. The molecule has 0 aliphatic carbocycles.